The molecule has 120 valence electrons. The van der Waals surface area contributed by atoms with E-state index in [4.69, 9.17) is 10.9 Å². The first-order valence-corrected chi connectivity index (χ1v) is 8.06. The molecule has 4 N–H and O–H groups in total. The van der Waals surface area contributed by atoms with Crippen LogP contribution >= 0.6 is 15.9 Å². The van der Waals surface area contributed by atoms with Crippen LogP contribution in [0.15, 0.2) is 57.9 Å². The Balaban J connectivity index is 0.000000220. The fourth-order valence-corrected chi connectivity index (χ4v) is 2.37. The average molecular weight is 397 g/mol. The van der Waals surface area contributed by atoms with Crippen molar-refractivity contribution < 1.29 is 21.6 Å². The summed E-state index contributed by atoms with van der Waals surface area (Å²) in [6, 6.07) is 11.0. The van der Waals surface area contributed by atoms with Gasteiger partial charge in [0.05, 0.1) is 10.5 Å². The molecule has 2 aromatic rings. The van der Waals surface area contributed by atoms with E-state index in [9.17, 15) is 21.6 Å². The lowest BCUT2D eigenvalue weighted by Gasteiger charge is -2.07. The van der Waals surface area contributed by atoms with Crippen molar-refractivity contribution in [3.63, 3.8) is 0 Å². The summed E-state index contributed by atoms with van der Waals surface area (Å²) in [4.78, 5) is 0.0756. The van der Waals surface area contributed by atoms with Gasteiger partial charge in [0.15, 0.2) is 0 Å². The molecule has 0 heterocycles. The van der Waals surface area contributed by atoms with Crippen molar-refractivity contribution in [2.75, 3.05) is 5.73 Å². The van der Waals surface area contributed by atoms with Crippen LogP contribution in [0.5, 0.6) is 0 Å². The maximum atomic E-state index is 12.0. The van der Waals surface area contributed by atoms with Gasteiger partial charge in [0.25, 0.3) is 0 Å². The Morgan fingerprint density at radius 1 is 0.955 bits per heavy atom. The smallest absolute Gasteiger partial charge is 0.399 e. The molecule has 0 aliphatic rings. The van der Waals surface area contributed by atoms with Gasteiger partial charge in [-0.05, 0) is 36.4 Å². The minimum absolute atomic E-state index is 0.0756. The third-order valence-corrected chi connectivity index (χ3v) is 4.01. The molecule has 0 aliphatic heterocycles. The number of benzene rings is 2. The monoisotopic (exact) mass is 396 g/mol. The zero-order valence-electron chi connectivity index (χ0n) is 11.0. The van der Waals surface area contributed by atoms with Crippen molar-refractivity contribution in [2.45, 2.75) is 11.1 Å². The number of rotatable bonds is 1. The van der Waals surface area contributed by atoms with Crippen molar-refractivity contribution >= 4 is 31.6 Å². The van der Waals surface area contributed by atoms with E-state index < -0.39 is 21.8 Å². The molecule has 0 radical (unpaired) electrons. The summed E-state index contributed by atoms with van der Waals surface area (Å²) < 4.78 is 57.5. The van der Waals surface area contributed by atoms with Crippen molar-refractivity contribution in [3.05, 3.63) is 58.6 Å². The number of halogens is 4. The Labute approximate surface area is 134 Å². The number of hydrogen-bond donors (Lipinski definition) is 2. The van der Waals surface area contributed by atoms with Gasteiger partial charge in [-0.2, -0.15) is 13.2 Å². The van der Waals surface area contributed by atoms with Crippen LogP contribution in [0.2, 0.25) is 0 Å². The van der Waals surface area contributed by atoms with Crippen molar-refractivity contribution in [1.29, 1.82) is 0 Å². The van der Waals surface area contributed by atoms with E-state index >= 15 is 0 Å². The van der Waals surface area contributed by atoms with Crippen molar-refractivity contribution in [2.24, 2.45) is 5.14 Å². The molecule has 4 nitrogen and oxygen atoms in total. The second-order valence-corrected chi connectivity index (χ2v) is 6.51. The predicted molar refractivity (Wildman–Crippen MR) is 81.4 cm³/mol. The van der Waals surface area contributed by atoms with Crippen LogP contribution in [0.25, 0.3) is 0 Å². The first kappa shape index (κ1) is 18.5. The van der Waals surface area contributed by atoms with E-state index in [1.165, 1.54) is 36.4 Å². The summed E-state index contributed by atoms with van der Waals surface area (Å²) in [6.45, 7) is 0. The predicted octanol–water partition coefficient (Wildman–Crippen LogP) is 3.38. The molecule has 0 amide bonds. The zero-order valence-corrected chi connectivity index (χ0v) is 13.4. The number of sulfonamides is 1. The number of anilines is 1. The first-order chi connectivity index (χ1) is 10.0. The lowest BCUT2D eigenvalue weighted by Crippen LogP contribution is -2.11. The van der Waals surface area contributed by atoms with Gasteiger partial charge in [-0.1, -0.05) is 28.1 Å². The number of nitrogens with two attached hydrogens (primary N) is 2. The number of alkyl halides is 3. The fraction of sp³-hybridized carbons (Fsp3) is 0.0769. The molecule has 0 unspecified atom stereocenters. The van der Waals surface area contributed by atoms with Crippen LogP contribution in [-0.4, -0.2) is 8.42 Å². The van der Waals surface area contributed by atoms with Crippen molar-refractivity contribution in [3.8, 4) is 0 Å². The second kappa shape index (κ2) is 7.12. The lowest BCUT2D eigenvalue weighted by molar-refractivity contribution is -0.138. The summed E-state index contributed by atoms with van der Waals surface area (Å²) in [6.07, 6.45) is -4.26. The molecule has 0 aliphatic carbocycles. The Morgan fingerprint density at radius 3 is 1.82 bits per heavy atom. The van der Waals surface area contributed by atoms with Crippen LogP contribution in [-0.2, 0) is 16.2 Å². The van der Waals surface area contributed by atoms with Crippen LogP contribution < -0.4 is 10.9 Å². The Bertz CT molecular complexity index is 732. The topological polar surface area (TPSA) is 86.2 Å². The van der Waals surface area contributed by atoms with Gasteiger partial charge in [-0.3, -0.25) is 0 Å². The first-order valence-electron chi connectivity index (χ1n) is 5.72. The molecular formula is C13H12BrF3N2O2S. The van der Waals surface area contributed by atoms with E-state index in [2.05, 4.69) is 15.9 Å². The van der Waals surface area contributed by atoms with E-state index in [0.717, 1.165) is 6.07 Å². The van der Waals surface area contributed by atoms with Gasteiger partial charge < -0.3 is 5.73 Å². The molecule has 9 heteroatoms. The van der Waals surface area contributed by atoms with Crippen molar-refractivity contribution in [1.82, 2.24) is 0 Å². The molecular weight excluding hydrogens is 385 g/mol. The van der Waals surface area contributed by atoms with Gasteiger partial charge in [0.1, 0.15) is 0 Å². The summed E-state index contributed by atoms with van der Waals surface area (Å²) >= 11 is 2.81. The Hall–Kier alpha value is -1.58. The van der Waals surface area contributed by atoms with Crippen LogP contribution in [0.4, 0.5) is 18.9 Å². The standard InChI is InChI=1S/C7H4BrF3.C6H8N2O2S/c8-6-4-2-1-3-5(6)7(9,10)11;7-5-1-3-6(4-2-5)11(8,9)10/h1-4H;1-4H,7H2,(H2,8,9,10). The molecule has 2 aromatic carbocycles. The molecule has 0 spiro atoms. The summed E-state index contributed by atoms with van der Waals surface area (Å²) in [7, 11) is -3.58. The van der Waals surface area contributed by atoms with Crippen LogP contribution in [0.1, 0.15) is 5.56 Å². The molecule has 2 rings (SSSR count). The zero-order chi connectivity index (χ0) is 17.0. The maximum absolute atomic E-state index is 12.0. The molecule has 0 saturated heterocycles. The largest absolute Gasteiger partial charge is 0.417 e. The highest BCUT2D eigenvalue weighted by molar-refractivity contribution is 9.10. The maximum Gasteiger partial charge on any atom is 0.417 e. The minimum atomic E-state index is -4.26. The molecule has 0 fully saturated rings. The van der Waals surface area contributed by atoms with E-state index in [1.54, 1.807) is 6.07 Å². The van der Waals surface area contributed by atoms with Gasteiger partial charge >= 0.3 is 6.18 Å². The normalized spacial score (nSPS) is 11.5. The quantitative estimate of drug-likeness (QED) is 0.724. The van der Waals surface area contributed by atoms with Gasteiger partial charge in [-0.25, -0.2) is 13.6 Å². The van der Waals surface area contributed by atoms with E-state index in [-0.39, 0.29) is 9.37 Å². The Morgan fingerprint density at radius 2 is 1.45 bits per heavy atom. The number of hydrogen-bond acceptors (Lipinski definition) is 3. The lowest BCUT2D eigenvalue weighted by atomic mass is 10.2. The summed E-state index contributed by atoms with van der Waals surface area (Å²) in [5, 5.41) is 4.84. The highest BCUT2D eigenvalue weighted by Crippen LogP contribution is 2.34. The van der Waals surface area contributed by atoms with Crippen LogP contribution in [0, 0.1) is 0 Å². The number of nitrogen functional groups attached to an aromatic ring is 1. The van der Waals surface area contributed by atoms with Gasteiger partial charge in [-0.15, -0.1) is 0 Å². The van der Waals surface area contributed by atoms with Gasteiger partial charge in [0, 0.05) is 10.2 Å². The molecule has 22 heavy (non-hydrogen) atoms. The van der Waals surface area contributed by atoms with E-state index in [0.29, 0.717) is 5.69 Å². The third-order valence-electron chi connectivity index (χ3n) is 2.39. The van der Waals surface area contributed by atoms with Crippen LogP contribution in [0.3, 0.4) is 0 Å². The SMILES string of the molecule is FC(F)(F)c1ccccc1Br.Nc1ccc(S(N)(=O)=O)cc1. The minimum Gasteiger partial charge on any atom is -0.399 e. The highest BCUT2D eigenvalue weighted by Gasteiger charge is 2.32. The molecule has 0 bridgehead atoms. The second-order valence-electron chi connectivity index (χ2n) is 4.09. The average Bonchev–Trinajstić information content (AvgIpc) is 2.38. The summed E-state index contributed by atoms with van der Waals surface area (Å²) in [5.74, 6) is 0. The van der Waals surface area contributed by atoms with E-state index in [1.807, 2.05) is 0 Å². The Kier molecular flexibility index (Phi) is 5.98. The van der Waals surface area contributed by atoms with Gasteiger partial charge in [0.2, 0.25) is 10.0 Å². The summed E-state index contributed by atoms with van der Waals surface area (Å²) in [5.41, 5.74) is 5.21. The number of primary sulfonamides is 1. The fourth-order valence-electron chi connectivity index (χ4n) is 1.35. The molecule has 0 atom stereocenters. The molecule has 0 aromatic heterocycles. The molecule has 0 saturated carbocycles. The third kappa shape index (κ3) is 5.66. The highest BCUT2D eigenvalue weighted by atomic mass is 79.9.